The number of nitrogens with zero attached hydrogens (tertiary/aromatic N) is 2. The molecule has 1 unspecified atom stereocenters. The Kier molecular flexibility index (Phi) is 4.85. The Bertz CT molecular complexity index is 281. The molecule has 1 heterocycles. The Morgan fingerprint density at radius 2 is 2.20 bits per heavy atom. The Morgan fingerprint density at radius 1 is 1.47 bits per heavy atom. The first-order chi connectivity index (χ1) is 7.13. The topological polar surface area (TPSA) is 28.4 Å². The maximum atomic E-state index is 9.79. The van der Waals surface area contributed by atoms with Gasteiger partial charge < -0.3 is 14.6 Å². The van der Waals surface area contributed by atoms with Gasteiger partial charge in [-0.05, 0) is 32.1 Å². The van der Waals surface area contributed by atoms with Crippen LogP contribution in [0.1, 0.15) is 31.4 Å². The summed E-state index contributed by atoms with van der Waals surface area (Å²) < 4.78 is 2.13. The van der Waals surface area contributed by atoms with Crippen LogP contribution in [-0.4, -0.2) is 35.2 Å². The summed E-state index contributed by atoms with van der Waals surface area (Å²) in [7, 11) is 4.13. The van der Waals surface area contributed by atoms with Crippen LogP contribution in [0.3, 0.4) is 0 Å². The number of aliphatic hydroxyl groups excluding tert-OH is 1. The fourth-order valence-electron chi connectivity index (χ4n) is 1.55. The van der Waals surface area contributed by atoms with E-state index in [1.807, 2.05) is 18.5 Å². The predicted octanol–water partition coefficient (Wildman–Crippen LogP) is 1.88. The molecule has 1 rings (SSSR count). The van der Waals surface area contributed by atoms with E-state index in [2.05, 4.69) is 30.5 Å². The van der Waals surface area contributed by atoms with E-state index in [1.54, 1.807) is 0 Å². The van der Waals surface area contributed by atoms with Gasteiger partial charge in [0.25, 0.3) is 0 Å². The highest BCUT2D eigenvalue weighted by Crippen LogP contribution is 2.18. The quantitative estimate of drug-likeness (QED) is 0.776. The van der Waals surface area contributed by atoms with Gasteiger partial charge in [-0.15, -0.1) is 0 Å². The molecule has 0 fully saturated rings. The van der Waals surface area contributed by atoms with Crippen LogP contribution < -0.4 is 0 Å². The summed E-state index contributed by atoms with van der Waals surface area (Å²) >= 11 is 0. The number of hydrogen-bond acceptors (Lipinski definition) is 2. The van der Waals surface area contributed by atoms with E-state index in [0.29, 0.717) is 0 Å². The predicted molar refractivity (Wildman–Crippen MR) is 62.9 cm³/mol. The van der Waals surface area contributed by atoms with Crippen molar-refractivity contribution < 1.29 is 5.11 Å². The molecule has 0 aliphatic heterocycles. The van der Waals surface area contributed by atoms with E-state index in [-0.39, 0.29) is 6.10 Å². The van der Waals surface area contributed by atoms with Gasteiger partial charge in [0.15, 0.2) is 0 Å². The van der Waals surface area contributed by atoms with Crippen molar-refractivity contribution in [1.29, 1.82) is 0 Å². The van der Waals surface area contributed by atoms with Crippen molar-refractivity contribution in [3.05, 3.63) is 24.0 Å². The Morgan fingerprint density at radius 3 is 2.80 bits per heavy atom. The number of rotatable bonds is 6. The fourth-order valence-corrected chi connectivity index (χ4v) is 1.55. The fraction of sp³-hybridized carbons (Fsp3) is 0.667. The summed E-state index contributed by atoms with van der Waals surface area (Å²) in [6, 6.07) is 2.01. The highest BCUT2D eigenvalue weighted by molar-refractivity contribution is 5.13. The third-order valence-electron chi connectivity index (χ3n) is 2.53. The average molecular weight is 210 g/mol. The largest absolute Gasteiger partial charge is 0.388 e. The summed E-state index contributed by atoms with van der Waals surface area (Å²) in [4.78, 5) is 2.15. The first-order valence-corrected chi connectivity index (χ1v) is 5.62. The lowest BCUT2D eigenvalue weighted by Gasteiger charge is -2.10. The lowest BCUT2D eigenvalue weighted by Crippen LogP contribution is -2.17. The van der Waals surface area contributed by atoms with E-state index in [1.165, 1.54) is 0 Å². The first-order valence-electron chi connectivity index (χ1n) is 5.62. The molecule has 0 amide bonds. The van der Waals surface area contributed by atoms with E-state index in [0.717, 1.165) is 31.5 Å². The van der Waals surface area contributed by atoms with Crippen LogP contribution in [0.25, 0.3) is 0 Å². The molecule has 0 aliphatic rings. The number of aliphatic hydroxyl groups is 1. The maximum absolute atomic E-state index is 9.79. The van der Waals surface area contributed by atoms with Gasteiger partial charge in [0.05, 0.1) is 6.10 Å². The monoisotopic (exact) mass is 210 g/mol. The highest BCUT2D eigenvalue weighted by Gasteiger charge is 2.07. The van der Waals surface area contributed by atoms with Crippen LogP contribution in [0.4, 0.5) is 0 Å². The van der Waals surface area contributed by atoms with Crippen LogP contribution in [0.5, 0.6) is 0 Å². The molecule has 3 nitrogen and oxygen atoms in total. The standard InChI is InChI=1S/C12H22N2O/c1-4-5-12(15)11-6-7-14(10-11)9-8-13(2)3/h6-7,10,12,15H,4-5,8-9H2,1-3H3. The van der Waals surface area contributed by atoms with Gasteiger partial charge in [0, 0.05) is 25.5 Å². The second-order valence-corrected chi connectivity index (χ2v) is 4.29. The van der Waals surface area contributed by atoms with Gasteiger partial charge in [0.2, 0.25) is 0 Å². The Labute approximate surface area is 92.3 Å². The van der Waals surface area contributed by atoms with Crippen molar-refractivity contribution in [2.45, 2.75) is 32.4 Å². The number of likely N-dealkylation sites (N-methyl/N-ethyl adjacent to an activating group) is 1. The minimum atomic E-state index is -0.296. The zero-order chi connectivity index (χ0) is 11.3. The molecule has 1 aromatic rings. The molecule has 3 heteroatoms. The van der Waals surface area contributed by atoms with E-state index >= 15 is 0 Å². The second-order valence-electron chi connectivity index (χ2n) is 4.29. The second kappa shape index (κ2) is 5.93. The molecule has 1 N–H and O–H groups in total. The Hall–Kier alpha value is -0.800. The molecule has 1 aromatic heterocycles. The van der Waals surface area contributed by atoms with Crippen molar-refractivity contribution >= 4 is 0 Å². The molecule has 1 atom stereocenters. The smallest absolute Gasteiger partial charge is 0.0804 e. The van der Waals surface area contributed by atoms with Crippen LogP contribution >= 0.6 is 0 Å². The summed E-state index contributed by atoms with van der Waals surface area (Å²) in [5.74, 6) is 0. The van der Waals surface area contributed by atoms with E-state index in [9.17, 15) is 5.11 Å². The van der Waals surface area contributed by atoms with Crippen molar-refractivity contribution in [3.8, 4) is 0 Å². The van der Waals surface area contributed by atoms with Crippen LogP contribution in [0.15, 0.2) is 18.5 Å². The van der Waals surface area contributed by atoms with Crippen LogP contribution in [-0.2, 0) is 6.54 Å². The van der Waals surface area contributed by atoms with E-state index < -0.39 is 0 Å². The van der Waals surface area contributed by atoms with E-state index in [4.69, 9.17) is 0 Å². The summed E-state index contributed by atoms with van der Waals surface area (Å²) in [5, 5.41) is 9.79. The van der Waals surface area contributed by atoms with Crippen molar-refractivity contribution in [2.75, 3.05) is 20.6 Å². The van der Waals surface area contributed by atoms with Crippen molar-refractivity contribution in [3.63, 3.8) is 0 Å². The van der Waals surface area contributed by atoms with Crippen LogP contribution in [0.2, 0.25) is 0 Å². The summed E-state index contributed by atoms with van der Waals surface area (Å²) in [6.45, 7) is 4.09. The molecule has 15 heavy (non-hydrogen) atoms. The normalized spacial score (nSPS) is 13.4. The van der Waals surface area contributed by atoms with Gasteiger partial charge in [0.1, 0.15) is 0 Å². The lowest BCUT2D eigenvalue weighted by molar-refractivity contribution is 0.166. The van der Waals surface area contributed by atoms with Gasteiger partial charge >= 0.3 is 0 Å². The summed E-state index contributed by atoms with van der Waals surface area (Å²) in [5.41, 5.74) is 1.04. The lowest BCUT2D eigenvalue weighted by atomic mass is 10.1. The van der Waals surface area contributed by atoms with Crippen molar-refractivity contribution in [2.24, 2.45) is 0 Å². The summed E-state index contributed by atoms with van der Waals surface area (Å²) in [6.07, 6.45) is 5.65. The Balaban J connectivity index is 2.48. The molecule has 0 radical (unpaired) electrons. The molecule has 0 bridgehead atoms. The third kappa shape index (κ3) is 4.06. The zero-order valence-corrected chi connectivity index (χ0v) is 9.98. The molecule has 86 valence electrons. The zero-order valence-electron chi connectivity index (χ0n) is 9.98. The average Bonchev–Trinajstić information content (AvgIpc) is 2.63. The van der Waals surface area contributed by atoms with Gasteiger partial charge in [-0.1, -0.05) is 13.3 Å². The minimum Gasteiger partial charge on any atom is -0.388 e. The highest BCUT2D eigenvalue weighted by atomic mass is 16.3. The minimum absolute atomic E-state index is 0.296. The molecule has 0 spiro atoms. The number of aromatic nitrogens is 1. The molecule has 0 aromatic carbocycles. The van der Waals surface area contributed by atoms with Gasteiger partial charge in [-0.3, -0.25) is 0 Å². The third-order valence-corrected chi connectivity index (χ3v) is 2.53. The maximum Gasteiger partial charge on any atom is 0.0804 e. The molecule has 0 aliphatic carbocycles. The molecule has 0 saturated heterocycles. The SMILES string of the molecule is CCCC(O)c1ccn(CCN(C)C)c1. The van der Waals surface area contributed by atoms with Gasteiger partial charge in [-0.2, -0.15) is 0 Å². The van der Waals surface area contributed by atoms with Gasteiger partial charge in [-0.25, -0.2) is 0 Å². The molecular formula is C12H22N2O. The van der Waals surface area contributed by atoms with Crippen molar-refractivity contribution in [1.82, 2.24) is 9.47 Å². The first kappa shape index (κ1) is 12.3. The molecule has 0 saturated carbocycles. The number of hydrogen-bond donors (Lipinski definition) is 1. The van der Waals surface area contributed by atoms with Crippen LogP contribution in [0, 0.1) is 0 Å². The molecular weight excluding hydrogens is 188 g/mol.